The number of carbonyl (C=O) groups is 1. The zero-order valence-corrected chi connectivity index (χ0v) is 12.1. The first-order valence-corrected chi connectivity index (χ1v) is 6.36. The van der Waals surface area contributed by atoms with Crippen LogP contribution in [0.2, 0.25) is 0 Å². The lowest BCUT2D eigenvalue weighted by Gasteiger charge is -2.34. The summed E-state index contributed by atoms with van der Waals surface area (Å²) in [5.74, 6) is -1.96. The summed E-state index contributed by atoms with van der Waals surface area (Å²) in [5, 5.41) is 22.0. The van der Waals surface area contributed by atoms with Crippen LogP contribution < -0.4 is 5.32 Å². The van der Waals surface area contributed by atoms with Crippen LogP contribution in [0.4, 0.5) is 13.2 Å². The molecule has 0 rings (SSSR count). The number of carboxylic acid groups (broad SMARTS) is 1. The maximum Gasteiger partial charge on any atom is 0.390 e. The Hall–Kier alpha value is -0.860. The Bertz CT molecular complexity index is 313. The topological polar surface area (TPSA) is 72.8 Å². The van der Waals surface area contributed by atoms with Crippen molar-refractivity contribution in [1.29, 1.82) is 0 Å². The Kier molecular flexibility index (Phi) is 7.46. The largest absolute Gasteiger partial charge is 0.480 e. The fraction of sp³-hybridized carbons (Fsp3) is 0.917. The molecule has 4 atom stereocenters. The van der Waals surface area contributed by atoms with Gasteiger partial charge in [-0.05, 0) is 21.0 Å². The first-order chi connectivity index (χ1) is 9.01. The second kappa shape index (κ2) is 7.80. The van der Waals surface area contributed by atoms with E-state index in [-0.39, 0.29) is 6.04 Å². The highest BCUT2D eigenvalue weighted by Gasteiger charge is 2.37. The summed E-state index contributed by atoms with van der Waals surface area (Å²) in [4.78, 5) is 12.4. The summed E-state index contributed by atoms with van der Waals surface area (Å²) >= 11 is 0. The molecule has 0 aromatic rings. The van der Waals surface area contributed by atoms with Gasteiger partial charge >= 0.3 is 12.1 Å². The van der Waals surface area contributed by atoms with Crippen molar-refractivity contribution in [1.82, 2.24) is 10.2 Å². The van der Waals surface area contributed by atoms with E-state index in [2.05, 4.69) is 5.32 Å². The minimum absolute atomic E-state index is 0.358. The Labute approximate surface area is 116 Å². The number of aliphatic hydroxyl groups excluding tert-OH is 1. The van der Waals surface area contributed by atoms with Gasteiger partial charge in [0.05, 0.1) is 12.5 Å². The number of nitrogens with zero attached hydrogens (tertiary/aromatic N) is 1. The Morgan fingerprint density at radius 2 is 1.85 bits per heavy atom. The number of halogens is 3. The molecule has 0 aromatic carbocycles. The van der Waals surface area contributed by atoms with Gasteiger partial charge in [0.25, 0.3) is 0 Å². The highest BCUT2D eigenvalue weighted by Crippen LogP contribution is 2.22. The number of aliphatic hydroxyl groups is 1. The van der Waals surface area contributed by atoms with Gasteiger partial charge in [0.1, 0.15) is 6.04 Å². The third kappa shape index (κ3) is 6.06. The molecule has 8 heteroatoms. The van der Waals surface area contributed by atoms with Gasteiger partial charge in [0, 0.05) is 18.5 Å². The second-order valence-electron chi connectivity index (χ2n) is 5.06. The maximum absolute atomic E-state index is 12.2. The van der Waals surface area contributed by atoms with Crippen LogP contribution in [-0.4, -0.2) is 66.1 Å². The van der Waals surface area contributed by atoms with Gasteiger partial charge in [0.2, 0.25) is 0 Å². The molecule has 120 valence electrons. The SMILES string of the molecule is CN[C@@H](C)[C@H](O)[C@H](C)C(C(=O)O)N(C)CCC(F)(F)F. The summed E-state index contributed by atoms with van der Waals surface area (Å²) in [5.41, 5.74) is 0. The standard InChI is InChI=1S/C12H23F3N2O3/c1-7(10(18)8(2)16-3)9(11(19)20)17(4)6-5-12(13,14)15/h7-10,16,18H,5-6H2,1-4H3,(H,19,20)/t7-,8+,9?,10-/m1/s1. The molecule has 0 bridgehead atoms. The third-order valence-electron chi connectivity index (χ3n) is 3.48. The van der Waals surface area contributed by atoms with Gasteiger partial charge in [-0.3, -0.25) is 9.69 Å². The number of nitrogens with one attached hydrogen (secondary N) is 1. The smallest absolute Gasteiger partial charge is 0.390 e. The van der Waals surface area contributed by atoms with Gasteiger partial charge < -0.3 is 15.5 Å². The molecule has 0 aliphatic rings. The Morgan fingerprint density at radius 1 is 1.35 bits per heavy atom. The van der Waals surface area contributed by atoms with Gasteiger partial charge in [-0.25, -0.2) is 0 Å². The van der Waals surface area contributed by atoms with Crippen LogP contribution in [0.25, 0.3) is 0 Å². The Balaban J connectivity index is 4.83. The van der Waals surface area contributed by atoms with E-state index in [0.29, 0.717) is 0 Å². The van der Waals surface area contributed by atoms with Crippen LogP contribution in [0.5, 0.6) is 0 Å². The lowest BCUT2D eigenvalue weighted by Crippen LogP contribution is -2.52. The van der Waals surface area contributed by atoms with Crippen molar-refractivity contribution >= 4 is 5.97 Å². The van der Waals surface area contributed by atoms with E-state index in [0.717, 1.165) is 4.90 Å². The molecule has 0 saturated carbocycles. The molecule has 0 radical (unpaired) electrons. The van der Waals surface area contributed by atoms with Crippen molar-refractivity contribution in [2.45, 2.75) is 44.6 Å². The first-order valence-electron chi connectivity index (χ1n) is 6.36. The van der Waals surface area contributed by atoms with Crippen LogP contribution in [0.15, 0.2) is 0 Å². The molecule has 20 heavy (non-hydrogen) atoms. The summed E-state index contributed by atoms with van der Waals surface area (Å²) in [6.07, 6.45) is -6.40. The summed E-state index contributed by atoms with van der Waals surface area (Å²) < 4.78 is 36.6. The van der Waals surface area contributed by atoms with Crippen LogP contribution in [0, 0.1) is 5.92 Å². The average Bonchev–Trinajstić information content (AvgIpc) is 2.33. The van der Waals surface area contributed by atoms with Gasteiger partial charge in [0.15, 0.2) is 0 Å². The molecule has 0 amide bonds. The quantitative estimate of drug-likeness (QED) is 0.622. The zero-order chi connectivity index (χ0) is 16.1. The maximum atomic E-state index is 12.2. The van der Waals surface area contributed by atoms with Gasteiger partial charge in [-0.2, -0.15) is 13.2 Å². The molecule has 0 aliphatic carbocycles. The minimum atomic E-state index is -4.34. The fourth-order valence-electron chi connectivity index (χ4n) is 2.07. The van der Waals surface area contributed by atoms with Crippen LogP contribution in [0.3, 0.4) is 0 Å². The Morgan fingerprint density at radius 3 is 2.20 bits per heavy atom. The van der Waals surface area contributed by atoms with Crippen molar-refractivity contribution in [2.75, 3.05) is 20.6 Å². The molecule has 0 aliphatic heterocycles. The monoisotopic (exact) mass is 300 g/mol. The zero-order valence-electron chi connectivity index (χ0n) is 12.1. The van der Waals surface area contributed by atoms with E-state index >= 15 is 0 Å². The van der Waals surface area contributed by atoms with Crippen LogP contribution in [-0.2, 0) is 4.79 Å². The molecule has 0 aromatic heterocycles. The van der Waals surface area contributed by atoms with Gasteiger partial charge in [-0.15, -0.1) is 0 Å². The van der Waals surface area contributed by atoms with E-state index in [9.17, 15) is 28.2 Å². The molecule has 3 N–H and O–H groups in total. The molecule has 0 heterocycles. The van der Waals surface area contributed by atoms with Crippen LogP contribution in [0.1, 0.15) is 20.3 Å². The highest BCUT2D eigenvalue weighted by atomic mass is 19.4. The molecule has 5 nitrogen and oxygen atoms in total. The van der Waals surface area contributed by atoms with Crippen LogP contribution >= 0.6 is 0 Å². The van der Waals surface area contributed by atoms with Crippen molar-refractivity contribution in [2.24, 2.45) is 5.92 Å². The third-order valence-corrected chi connectivity index (χ3v) is 3.48. The van der Waals surface area contributed by atoms with E-state index < -0.39 is 43.2 Å². The number of alkyl halides is 3. The highest BCUT2D eigenvalue weighted by molar-refractivity contribution is 5.74. The van der Waals surface area contributed by atoms with E-state index in [1.165, 1.54) is 14.0 Å². The van der Waals surface area contributed by atoms with Crippen molar-refractivity contribution < 1.29 is 28.2 Å². The molecular formula is C12H23F3N2O3. The molecule has 0 fully saturated rings. The van der Waals surface area contributed by atoms with E-state index in [1.807, 2.05) is 0 Å². The summed E-state index contributed by atoms with van der Waals surface area (Å²) in [6, 6.07) is -1.54. The second-order valence-corrected chi connectivity index (χ2v) is 5.06. The number of carboxylic acids is 1. The van der Waals surface area contributed by atoms with E-state index in [4.69, 9.17) is 0 Å². The fourth-order valence-corrected chi connectivity index (χ4v) is 2.07. The predicted molar refractivity (Wildman–Crippen MR) is 68.4 cm³/mol. The number of aliphatic carboxylic acids is 1. The normalized spacial score (nSPS) is 18.6. The van der Waals surface area contributed by atoms with Crippen molar-refractivity contribution in [3.05, 3.63) is 0 Å². The van der Waals surface area contributed by atoms with E-state index in [1.54, 1.807) is 14.0 Å². The number of hydrogen-bond acceptors (Lipinski definition) is 4. The average molecular weight is 300 g/mol. The summed E-state index contributed by atoms with van der Waals surface area (Å²) in [7, 11) is 2.93. The first kappa shape index (κ1) is 19.1. The van der Waals surface area contributed by atoms with Crippen molar-refractivity contribution in [3.63, 3.8) is 0 Å². The molecule has 0 saturated heterocycles. The number of rotatable bonds is 8. The van der Waals surface area contributed by atoms with Crippen molar-refractivity contribution in [3.8, 4) is 0 Å². The lowest BCUT2D eigenvalue weighted by molar-refractivity contribution is -0.153. The van der Waals surface area contributed by atoms with Gasteiger partial charge in [-0.1, -0.05) is 6.92 Å². The summed E-state index contributed by atoms with van der Waals surface area (Å²) in [6.45, 7) is 2.77. The molecule has 1 unspecified atom stereocenters. The number of hydrogen-bond donors (Lipinski definition) is 3. The predicted octanol–water partition coefficient (Wildman–Crippen LogP) is 0.929. The number of likely N-dealkylation sites (N-methyl/N-ethyl adjacent to an activating group) is 2. The molecule has 0 spiro atoms. The molecular weight excluding hydrogens is 277 g/mol. The lowest BCUT2D eigenvalue weighted by atomic mass is 9.90. The minimum Gasteiger partial charge on any atom is -0.480 e.